The van der Waals surface area contributed by atoms with E-state index in [9.17, 15) is 5.11 Å². The van der Waals surface area contributed by atoms with E-state index in [1.165, 1.54) is 0 Å². The highest BCUT2D eigenvalue weighted by Gasteiger charge is 2.07. The van der Waals surface area contributed by atoms with Gasteiger partial charge in [0.15, 0.2) is 0 Å². The number of benzene rings is 1. The van der Waals surface area contributed by atoms with Crippen molar-refractivity contribution in [1.29, 1.82) is 0 Å². The van der Waals surface area contributed by atoms with E-state index in [0.29, 0.717) is 12.6 Å². The van der Waals surface area contributed by atoms with Crippen molar-refractivity contribution in [2.75, 3.05) is 13.2 Å². The standard InChI is InChI=1S/C14H20N2O2/c1-11(2)15-9-13(17)10-18-16-8-7-12-5-3-4-6-14(12)16/h3-8,11,13,15,17H,9-10H2,1-2H3. The van der Waals surface area contributed by atoms with Crippen LogP contribution in [-0.4, -0.2) is 35.1 Å². The Morgan fingerprint density at radius 2 is 2.06 bits per heavy atom. The number of aromatic nitrogens is 1. The quantitative estimate of drug-likeness (QED) is 0.813. The number of hydrogen-bond donors (Lipinski definition) is 2. The predicted molar refractivity (Wildman–Crippen MR) is 72.5 cm³/mol. The maximum atomic E-state index is 9.77. The van der Waals surface area contributed by atoms with Gasteiger partial charge in [-0.2, -0.15) is 4.73 Å². The van der Waals surface area contributed by atoms with Gasteiger partial charge in [0, 0.05) is 24.2 Å². The second-order valence-corrected chi connectivity index (χ2v) is 4.71. The van der Waals surface area contributed by atoms with Gasteiger partial charge in [-0.05, 0) is 12.1 Å². The molecule has 0 spiro atoms. The van der Waals surface area contributed by atoms with Crippen LogP contribution in [0.3, 0.4) is 0 Å². The van der Waals surface area contributed by atoms with Gasteiger partial charge in [0.1, 0.15) is 12.7 Å². The van der Waals surface area contributed by atoms with Crippen LogP contribution in [0.2, 0.25) is 0 Å². The maximum Gasteiger partial charge on any atom is 0.142 e. The molecule has 2 aromatic rings. The van der Waals surface area contributed by atoms with Gasteiger partial charge in [-0.3, -0.25) is 0 Å². The van der Waals surface area contributed by atoms with E-state index in [-0.39, 0.29) is 6.61 Å². The molecule has 1 aromatic heterocycles. The Hall–Kier alpha value is -1.52. The summed E-state index contributed by atoms with van der Waals surface area (Å²) in [6.07, 6.45) is 1.36. The summed E-state index contributed by atoms with van der Waals surface area (Å²) in [6.45, 7) is 4.91. The first-order valence-corrected chi connectivity index (χ1v) is 6.27. The molecule has 4 nitrogen and oxygen atoms in total. The van der Waals surface area contributed by atoms with E-state index >= 15 is 0 Å². The van der Waals surface area contributed by atoms with Gasteiger partial charge in [-0.1, -0.05) is 32.0 Å². The van der Waals surface area contributed by atoms with E-state index in [1.807, 2.05) is 50.4 Å². The zero-order valence-electron chi connectivity index (χ0n) is 10.8. The fourth-order valence-corrected chi connectivity index (χ4v) is 1.77. The summed E-state index contributed by atoms with van der Waals surface area (Å²) in [4.78, 5) is 5.58. The normalized spacial score (nSPS) is 13.1. The SMILES string of the molecule is CC(C)NCC(O)COn1ccc2ccccc21. The van der Waals surface area contributed by atoms with Crippen molar-refractivity contribution < 1.29 is 9.94 Å². The number of nitrogens with zero attached hydrogens (tertiary/aromatic N) is 1. The second-order valence-electron chi connectivity index (χ2n) is 4.71. The average Bonchev–Trinajstić information content (AvgIpc) is 2.77. The summed E-state index contributed by atoms with van der Waals surface area (Å²) in [5.41, 5.74) is 1.02. The van der Waals surface area contributed by atoms with Crippen molar-refractivity contribution in [3.05, 3.63) is 36.5 Å². The lowest BCUT2D eigenvalue weighted by molar-refractivity contribution is 0.0313. The van der Waals surface area contributed by atoms with Crippen molar-refractivity contribution in [2.45, 2.75) is 26.0 Å². The van der Waals surface area contributed by atoms with Crippen molar-refractivity contribution >= 4 is 10.9 Å². The molecule has 0 saturated heterocycles. The van der Waals surface area contributed by atoms with Crippen LogP contribution in [0.4, 0.5) is 0 Å². The molecule has 0 aliphatic rings. The number of aliphatic hydroxyl groups excluding tert-OH is 1. The van der Waals surface area contributed by atoms with Gasteiger partial charge in [0.2, 0.25) is 0 Å². The van der Waals surface area contributed by atoms with Gasteiger partial charge in [0.05, 0.1) is 5.52 Å². The Morgan fingerprint density at radius 1 is 1.28 bits per heavy atom. The lowest BCUT2D eigenvalue weighted by Gasteiger charge is -2.15. The van der Waals surface area contributed by atoms with Crippen LogP contribution in [0.15, 0.2) is 36.5 Å². The molecule has 4 heteroatoms. The molecule has 0 bridgehead atoms. The molecular weight excluding hydrogens is 228 g/mol. The molecule has 0 amide bonds. The lowest BCUT2D eigenvalue weighted by Crippen LogP contribution is -2.36. The lowest BCUT2D eigenvalue weighted by atomic mass is 10.3. The molecule has 0 aliphatic heterocycles. The Balaban J connectivity index is 1.90. The number of nitrogens with one attached hydrogen (secondary N) is 1. The highest BCUT2D eigenvalue weighted by Crippen LogP contribution is 2.13. The molecule has 1 aromatic carbocycles. The number of fused-ring (bicyclic) bond motifs is 1. The third kappa shape index (κ3) is 3.24. The molecule has 98 valence electrons. The zero-order valence-corrected chi connectivity index (χ0v) is 10.8. The molecule has 0 fully saturated rings. The van der Waals surface area contributed by atoms with Crippen molar-refractivity contribution in [3.8, 4) is 0 Å². The zero-order chi connectivity index (χ0) is 13.0. The van der Waals surface area contributed by atoms with Gasteiger partial charge in [0.25, 0.3) is 0 Å². The van der Waals surface area contributed by atoms with Crippen LogP contribution in [-0.2, 0) is 0 Å². The first-order valence-electron chi connectivity index (χ1n) is 6.27. The van der Waals surface area contributed by atoms with Crippen molar-refractivity contribution in [3.63, 3.8) is 0 Å². The van der Waals surface area contributed by atoms with Crippen LogP contribution >= 0.6 is 0 Å². The van der Waals surface area contributed by atoms with Crippen molar-refractivity contribution in [2.24, 2.45) is 0 Å². The Kier molecular flexibility index (Phi) is 4.23. The summed E-state index contributed by atoms with van der Waals surface area (Å²) in [6, 6.07) is 10.4. The largest absolute Gasteiger partial charge is 0.411 e. The number of aliphatic hydroxyl groups is 1. The highest BCUT2D eigenvalue weighted by atomic mass is 16.7. The summed E-state index contributed by atoms with van der Waals surface area (Å²) < 4.78 is 1.70. The monoisotopic (exact) mass is 248 g/mol. The third-order valence-corrected chi connectivity index (χ3v) is 2.73. The van der Waals surface area contributed by atoms with Crippen LogP contribution in [0, 0.1) is 0 Å². The maximum absolute atomic E-state index is 9.77. The molecule has 0 saturated carbocycles. The van der Waals surface area contributed by atoms with Crippen molar-refractivity contribution in [1.82, 2.24) is 10.0 Å². The summed E-state index contributed by atoms with van der Waals surface area (Å²) in [5.74, 6) is 0. The van der Waals surface area contributed by atoms with Crippen LogP contribution in [0.5, 0.6) is 0 Å². The van der Waals surface area contributed by atoms with Gasteiger partial charge in [-0.15, -0.1) is 0 Å². The molecule has 1 unspecified atom stereocenters. The Bertz CT molecular complexity index is 493. The minimum absolute atomic E-state index is 0.276. The smallest absolute Gasteiger partial charge is 0.142 e. The van der Waals surface area contributed by atoms with Gasteiger partial charge >= 0.3 is 0 Å². The molecule has 2 N–H and O–H groups in total. The summed E-state index contributed by atoms with van der Waals surface area (Å²) >= 11 is 0. The molecular formula is C14H20N2O2. The van der Waals surface area contributed by atoms with Crippen LogP contribution in [0.1, 0.15) is 13.8 Å². The van der Waals surface area contributed by atoms with Crippen LogP contribution < -0.4 is 10.2 Å². The van der Waals surface area contributed by atoms with Gasteiger partial charge in [-0.25, -0.2) is 0 Å². The molecule has 0 aliphatic carbocycles. The van der Waals surface area contributed by atoms with Crippen LogP contribution in [0.25, 0.3) is 10.9 Å². The highest BCUT2D eigenvalue weighted by molar-refractivity contribution is 5.79. The fourth-order valence-electron chi connectivity index (χ4n) is 1.77. The minimum atomic E-state index is -0.506. The Morgan fingerprint density at radius 3 is 2.83 bits per heavy atom. The van der Waals surface area contributed by atoms with E-state index in [0.717, 1.165) is 10.9 Å². The molecule has 18 heavy (non-hydrogen) atoms. The molecule has 1 heterocycles. The van der Waals surface area contributed by atoms with E-state index < -0.39 is 6.10 Å². The topological polar surface area (TPSA) is 46.4 Å². The number of para-hydroxylation sites is 1. The van der Waals surface area contributed by atoms with Gasteiger partial charge < -0.3 is 15.3 Å². The number of rotatable bonds is 6. The Labute approximate surface area is 107 Å². The van der Waals surface area contributed by atoms with E-state index in [1.54, 1.807) is 4.73 Å². The summed E-state index contributed by atoms with van der Waals surface area (Å²) in [5, 5.41) is 14.1. The molecule has 1 atom stereocenters. The first kappa shape index (κ1) is 12.9. The number of hydrogen-bond acceptors (Lipinski definition) is 3. The minimum Gasteiger partial charge on any atom is -0.411 e. The van der Waals surface area contributed by atoms with E-state index in [4.69, 9.17) is 4.84 Å². The fraction of sp³-hybridized carbons (Fsp3) is 0.429. The van der Waals surface area contributed by atoms with E-state index in [2.05, 4.69) is 5.32 Å². The molecule has 0 radical (unpaired) electrons. The molecule has 2 rings (SSSR count). The summed E-state index contributed by atoms with van der Waals surface area (Å²) in [7, 11) is 0. The predicted octanol–water partition coefficient (Wildman–Crippen LogP) is 1.43. The third-order valence-electron chi connectivity index (χ3n) is 2.73. The first-order chi connectivity index (χ1) is 8.66. The second kappa shape index (κ2) is 5.89. The average molecular weight is 248 g/mol.